The molecule has 0 aromatic heterocycles. The Bertz CT molecular complexity index is 859. The minimum Gasteiger partial charge on any atom is -0.465 e. The molecular weight excluding hydrogens is 376 g/mol. The first kappa shape index (κ1) is 20.2. The van der Waals surface area contributed by atoms with Gasteiger partial charge in [0.2, 0.25) is 0 Å². The van der Waals surface area contributed by atoms with Gasteiger partial charge < -0.3 is 10.0 Å². The lowest BCUT2D eigenvalue weighted by atomic mass is 9.95. The summed E-state index contributed by atoms with van der Waals surface area (Å²) >= 11 is 5.96. The van der Waals surface area contributed by atoms with Gasteiger partial charge in [0.05, 0.1) is 0 Å². The molecule has 1 aliphatic heterocycles. The van der Waals surface area contributed by atoms with Gasteiger partial charge in [-0.25, -0.2) is 4.79 Å². The predicted octanol–water partition coefficient (Wildman–Crippen LogP) is 5.31. The zero-order valence-electron chi connectivity index (χ0n) is 16.2. The van der Waals surface area contributed by atoms with Crippen molar-refractivity contribution in [3.05, 3.63) is 58.6 Å². The molecule has 1 fully saturated rings. The second-order valence-corrected chi connectivity index (χ2v) is 7.67. The van der Waals surface area contributed by atoms with Gasteiger partial charge in [0, 0.05) is 47.2 Å². The van der Waals surface area contributed by atoms with Crippen LogP contribution in [0, 0.1) is 5.92 Å². The van der Waals surface area contributed by atoms with E-state index in [9.17, 15) is 14.7 Å². The molecule has 0 bridgehead atoms. The van der Waals surface area contributed by atoms with Gasteiger partial charge in [-0.05, 0) is 68.1 Å². The topological polar surface area (TPSA) is 60.9 Å². The van der Waals surface area contributed by atoms with Gasteiger partial charge >= 0.3 is 6.09 Å². The number of benzene rings is 2. The van der Waals surface area contributed by atoms with Crippen LogP contribution in [0.2, 0.25) is 5.02 Å². The van der Waals surface area contributed by atoms with E-state index in [1.165, 1.54) is 4.90 Å². The molecule has 1 aliphatic rings. The van der Waals surface area contributed by atoms with E-state index < -0.39 is 6.09 Å². The fraction of sp³-hybridized carbons (Fsp3) is 0.364. The molecule has 0 radical (unpaired) electrons. The molecule has 2 aromatic rings. The van der Waals surface area contributed by atoms with Gasteiger partial charge in [-0.2, -0.15) is 0 Å². The molecule has 6 heteroatoms. The van der Waals surface area contributed by atoms with E-state index in [1.54, 1.807) is 43.3 Å². The fourth-order valence-corrected chi connectivity index (χ4v) is 3.71. The second kappa shape index (κ2) is 8.65. The number of nitrogens with zero attached hydrogens (tertiary/aromatic N) is 2. The van der Waals surface area contributed by atoms with Crippen LogP contribution in [0.15, 0.2) is 42.5 Å². The Labute approximate surface area is 170 Å². The van der Waals surface area contributed by atoms with Crippen molar-refractivity contribution >= 4 is 34.9 Å². The third-order valence-corrected chi connectivity index (χ3v) is 5.57. The van der Waals surface area contributed by atoms with Crippen LogP contribution in [0.4, 0.5) is 16.2 Å². The number of piperidine rings is 1. The first-order valence-electron chi connectivity index (χ1n) is 9.60. The van der Waals surface area contributed by atoms with Crippen molar-refractivity contribution in [2.45, 2.75) is 26.7 Å². The van der Waals surface area contributed by atoms with Crippen LogP contribution in [-0.2, 0) is 0 Å². The molecule has 1 heterocycles. The number of hydrogen-bond acceptors (Lipinski definition) is 3. The third kappa shape index (κ3) is 4.30. The zero-order valence-corrected chi connectivity index (χ0v) is 16.9. The van der Waals surface area contributed by atoms with E-state index in [1.807, 2.05) is 6.07 Å². The number of amides is 1. The summed E-state index contributed by atoms with van der Waals surface area (Å²) in [6.45, 7) is 6.10. The van der Waals surface area contributed by atoms with E-state index in [4.69, 9.17) is 11.6 Å². The van der Waals surface area contributed by atoms with E-state index in [0.717, 1.165) is 31.6 Å². The molecule has 3 rings (SSSR count). The number of carbonyl (C=O) groups excluding carboxylic acids is 1. The summed E-state index contributed by atoms with van der Waals surface area (Å²) in [5.74, 6) is 0.544. The quantitative estimate of drug-likeness (QED) is 0.690. The lowest BCUT2D eigenvalue weighted by Crippen LogP contribution is -2.34. The standard InChI is InChI=1S/C22H25ClN2O3/c1-3-25(22(27)28)18-8-9-20(24-12-10-15(2)11-13-24)19(14-18)21(26)16-4-6-17(23)7-5-16/h4-9,14-15H,3,10-13H2,1-2H3,(H,27,28). The molecular formula is C22H25ClN2O3. The highest BCUT2D eigenvalue weighted by molar-refractivity contribution is 6.30. The summed E-state index contributed by atoms with van der Waals surface area (Å²) in [4.78, 5) is 28.3. The Hall–Kier alpha value is -2.53. The van der Waals surface area contributed by atoms with E-state index in [2.05, 4.69) is 11.8 Å². The van der Waals surface area contributed by atoms with Crippen molar-refractivity contribution < 1.29 is 14.7 Å². The number of halogens is 1. The van der Waals surface area contributed by atoms with E-state index in [-0.39, 0.29) is 5.78 Å². The van der Waals surface area contributed by atoms with Crippen LogP contribution >= 0.6 is 11.6 Å². The second-order valence-electron chi connectivity index (χ2n) is 7.23. The largest absolute Gasteiger partial charge is 0.465 e. The van der Waals surface area contributed by atoms with Crippen LogP contribution in [0.3, 0.4) is 0 Å². The normalized spacial score (nSPS) is 14.8. The van der Waals surface area contributed by atoms with Crippen molar-refractivity contribution in [1.29, 1.82) is 0 Å². The van der Waals surface area contributed by atoms with Gasteiger partial charge in [0.1, 0.15) is 0 Å². The average molecular weight is 401 g/mol. The Morgan fingerprint density at radius 2 is 1.79 bits per heavy atom. The van der Waals surface area contributed by atoms with Gasteiger partial charge in [-0.3, -0.25) is 9.69 Å². The van der Waals surface area contributed by atoms with Crippen LogP contribution in [0.5, 0.6) is 0 Å². The van der Waals surface area contributed by atoms with Crippen molar-refractivity contribution in [1.82, 2.24) is 0 Å². The maximum absolute atomic E-state index is 13.3. The van der Waals surface area contributed by atoms with Crippen LogP contribution in [-0.4, -0.2) is 36.6 Å². The molecule has 1 amide bonds. The number of carbonyl (C=O) groups is 2. The van der Waals surface area contributed by atoms with Crippen LogP contribution < -0.4 is 9.80 Å². The van der Waals surface area contributed by atoms with Crippen molar-refractivity contribution in [3.8, 4) is 0 Å². The van der Waals surface area contributed by atoms with Gasteiger partial charge in [-0.15, -0.1) is 0 Å². The Kier molecular flexibility index (Phi) is 6.25. The highest BCUT2D eigenvalue weighted by Gasteiger charge is 2.24. The fourth-order valence-electron chi connectivity index (χ4n) is 3.58. The van der Waals surface area contributed by atoms with Gasteiger partial charge in [-0.1, -0.05) is 18.5 Å². The van der Waals surface area contributed by atoms with Crippen LogP contribution in [0.1, 0.15) is 42.6 Å². The molecule has 1 N–H and O–H groups in total. The monoisotopic (exact) mass is 400 g/mol. The third-order valence-electron chi connectivity index (χ3n) is 5.31. The molecule has 0 aliphatic carbocycles. The van der Waals surface area contributed by atoms with Crippen molar-refractivity contribution in [2.75, 3.05) is 29.4 Å². The molecule has 5 nitrogen and oxygen atoms in total. The highest BCUT2D eigenvalue weighted by Crippen LogP contribution is 2.31. The summed E-state index contributed by atoms with van der Waals surface area (Å²) in [5.41, 5.74) is 2.42. The Balaban J connectivity index is 2.05. The van der Waals surface area contributed by atoms with E-state index in [0.29, 0.717) is 34.3 Å². The smallest absolute Gasteiger partial charge is 0.411 e. The van der Waals surface area contributed by atoms with Crippen LogP contribution in [0.25, 0.3) is 0 Å². The Morgan fingerprint density at radius 1 is 1.14 bits per heavy atom. The van der Waals surface area contributed by atoms with Gasteiger partial charge in [0.15, 0.2) is 5.78 Å². The molecule has 0 spiro atoms. The summed E-state index contributed by atoms with van der Waals surface area (Å²) in [6, 6.07) is 12.1. The molecule has 0 unspecified atom stereocenters. The summed E-state index contributed by atoms with van der Waals surface area (Å²) in [7, 11) is 0. The first-order valence-corrected chi connectivity index (χ1v) is 9.98. The van der Waals surface area contributed by atoms with Gasteiger partial charge in [0.25, 0.3) is 0 Å². The average Bonchev–Trinajstić information content (AvgIpc) is 2.69. The van der Waals surface area contributed by atoms with Crippen molar-refractivity contribution in [3.63, 3.8) is 0 Å². The Morgan fingerprint density at radius 3 is 2.36 bits per heavy atom. The molecule has 2 aromatic carbocycles. The summed E-state index contributed by atoms with van der Waals surface area (Å²) < 4.78 is 0. The van der Waals surface area contributed by atoms with E-state index >= 15 is 0 Å². The number of anilines is 2. The number of ketones is 1. The summed E-state index contributed by atoms with van der Waals surface area (Å²) in [6.07, 6.45) is 1.12. The summed E-state index contributed by atoms with van der Waals surface area (Å²) in [5, 5.41) is 10.0. The lowest BCUT2D eigenvalue weighted by Gasteiger charge is -2.33. The highest BCUT2D eigenvalue weighted by atomic mass is 35.5. The number of rotatable bonds is 5. The van der Waals surface area contributed by atoms with Crippen molar-refractivity contribution in [2.24, 2.45) is 5.92 Å². The molecule has 148 valence electrons. The molecule has 1 saturated heterocycles. The molecule has 0 atom stereocenters. The molecule has 0 saturated carbocycles. The number of carboxylic acid groups (broad SMARTS) is 1. The minimum absolute atomic E-state index is 0.131. The lowest BCUT2D eigenvalue weighted by molar-refractivity contribution is 0.103. The molecule has 28 heavy (non-hydrogen) atoms. The first-order chi connectivity index (χ1) is 13.4. The minimum atomic E-state index is -1.04. The number of hydrogen-bond donors (Lipinski definition) is 1. The SMILES string of the molecule is CCN(C(=O)O)c1ccc(N2CCC(C)CC2)c(C(=O)c2ccc(Cl)cc2)c1. The predicted molar refractivity (Wildman–Crippen MR) is 113 cm³/mol. The zero-order chi connectivity index (χ0) is 20.3. The maximum Gasteiger partial charge on any atom is 0.411 e. The maximum atomic E-state index is 13.3.